The van der Waals surface area contributed by atoms with E-state index >= 15 is 0 Å². The number of hydrazine groups is 1. The van der Waals surface area contributed by atoms with Crippen LogP contribution in [0.5, 0.6) is 5.75 Å². The molecule has 0 aliphatic heterocycles. The van der Waals surface area contributed by atoms with Crippen molar-refractivity contribution in [3.05, 3.63) is 37.3 Å². The third-order valence-corrected chi connectivity index (χ3v) is 2.45. The number of aromatic hydroxyl groups is 1. The summed E-state index contributed by atoms with van der Waals surface area (Å²) in [6.45, 7) is 0. The molecule has 0 aromatic heterocycles. The van der Waals surface area contributed by atoms with Crippen LogP contribution in [-0.2, 0) is 0 Å². The molecule has 1 rings (SSSR count). The maximum absolute atomic E-state index is 10.0. The number of hydrogen-bond donors (Lipinski definition) is 3. The van der Waals surface area contributed by atoms with E-state index in [1.165, 1.54) is 12.1 Å². The second kappa shape index (κ2) is 6.17. The molecule has 10 heteroatoms. The summed E-state index contributed by atoms with van der Waals surface area (Å²) in [4.78, 5) is 10.0. The van der Waals surface area contributed by atoms with Crippen LogP contribution in [0, 0.1) is 10.1 Å². The van der Waals surface area contributed by atoms with Crippen LogP contribution in [0.1, 0.15) is 5.56 Å². The van der Waals surface area contributed by atoms with Gasteiger partial charge in [-0.1, -0.05) is 17.0 Å². The SMILES string of the molecule is NC(=N/N=C/c1cc(Cl)cc(Br)c1O)N[N+](=O)[O-]. The highest BCUT2D eigenvalue weighted by Crippen LogP contribution is 2.30. The van der Waals surface area contributed by atoms with Gasteiger partial charge in [0.05, 0.1) is 10.7 Å². The molecule has 96 valence electrons. The molecular weight excluding hydrogens is 329 g/mol. The fourth-order valence-electron chi connectivity index (χ4n) is 0.953. The second-order valence-electron chi connectivity index (χ2n) is 2.92. The first kappa shape index (κ1) is 14.2. The Morgan fingerprint density at radius 3 is 2.94 bits per heavy atom. The minimum absolute atomic E-state index is 0.0841. The predicted octanol–water partition coefficient (Wildman–Crippen LogP) is 1.24. The van der Waals surface area contributed by atoms with E-state index in [4.69, 9.17) is 17.3 Å². The number of guanidine groups is 1. The van der Waals surface area contributed by atoms with Crippen molar-refractivity contribution in [1.29, 1.82) is 0 Å². The number of hydrogen-bond acceptors (Lipinski definition) is 5. The van der Waals surface area contributed by atoms with Crippen LogP contribution in [0.2, 0.25) is 5.02 Å². The van der Waals surface area contributed by atoms with E-state index in [0.717, 1.165) is 6.21 Å². The minimum atomic E-state index is -0.873. The van der Waals surface area contributed by atoms with Crippen molar-refractivity contribution in [2.24, 2.45) is 15.9 Å². The topological polar surface area (TPSA) is 126 Å². The number of benzene rings is 1. The van der Waals surface area contributed by atoms with Crippen LogP contribution >= 0.6 is 27.5 Å². The number of halogens is 2. The van der Waals surface area contributed by atoms with Crippen LogP contribution in [0.25, 0.3) is 0 Å². The predicted molar refractivity (Wildman–Crippen MR) is 70.2 cm³/mol. The molecule has 0 saturated carbocycles. The lowest BCUT2D eigenvalue weighted by Crippen LogP contribution is -2.35. The molecule has 0 radical (unpaired) electrons. The molecule has 1 aromatic rings. The molecule has 0 heterocycles. The molecule has 0 bridgehead atoms. The normalized spacial score (nSPS) is 11.8. The Bertz CT molecular complexity index is 534. The molecule has 0 spiro atoms. The summed E-state index contributed by atoms with van der Waals surface area (Å²) < 4.78 is 0.386. The minimum Gasteiger partial charge on any atom is -0.506 e. The van der Waals surface area contributed by atoms with E-state index in [1.807, 2.05) is 0 Å². The summed E-state index contributed by atoms with van der Waals surface area (Å²) in [6.07, 6.45) is 1.15. The zero-order valence-electron chi connectivity index (χ0n) is 8.67. The van der Waals surface area contributed by atoms with Gasteiger partial charge in [0.15, 0.2) is 5.03 Å². The van der Waals surface area contributed by atoms with E-state index in [9.17, 15) is 15.2 Å². The van der Waals surface area contributed by atoms with Crippen LogP contribution in [0.3, 0.4) is 0 Å². The Hall–Kier alpha value is -1.87. The Balaban J connectivity index is 2.88. The lowest BCUT2D eigenvalue weighted by molar-refractivity contribution is -0.525. The number of rotatable bonds is 3. The summed E-state index contributed by atoms with van der Waals surface area (Å²) in [6, 6.07) is 2.94. The van der Waals surface area contributed by atoms with Crippen LogP contribution in [0.15, 0.2) is 26.8 Å². The Morgan fingerprint density at radius 2 is 2.33 bits per heavy atom. The van der Waals surface area contributed by atoms with Crippen molar-refractivity contribution in [3.63, 3.8) is 0 Å². The van der Waals surface area contributed by atoms with E-state index in [1.54, 1.807) is 5.43 Å². The maximum Gasteiger partial charge on any atom is 0.275 e. The molecule has 18 heavy (non-hydrogen) atoms. The van der Waals surface area contributed by atoms with E-state index < -0.39 is 11.0 Å². The van der Waals surface area contributed by atoms with Crippen LogP contribution in [-0.4, -0.2) is 22.3 Å². The van der Waals surface area contributed by atoms with Gasteiger partial charge < -0.3 is 10.8 Å². The van der Waals surface area contributed by atoms with Gasteiger partial charge in [-0.3, -0.25) is 0 Å². The monoisotopic (exact) mass is 335 g/mol. The Kier molecular flexibility index (Phi) is 4.86. The summed E-state index contributed by atoms with van der Waals surface area (Å²) in [5, 5.41) is 25.9. The quantitative estimate of drug-likeness (QED) is 0.331. The molecule has 4 N–H and O–H groups in total. The average molecular weight is 337 g/mol. The van der Waals surface area contributed by atoms with Crippen LogP contribution in [0.4, 0.5) is 0 Å². The molecule has 0 amide bonds. The molecule has 8 nitrogen and oxygen atoms in total. The van der Waals surface area contributed by atoms with Crippen molar-refractivity contribution >= 4 is 39.7 Å². The van der Waals surface area contributed by atoms with Gasteiger partial charge in [-0.25, -0.2) is 10.1 Å². The summed E-state index contributed by atoms with van der Waals surface area (Å²) in [7, 11) is 0. The highest BCUT2D eigenvalue weighted by molar-refractivity contribution is 9.10. The number of nitrogens with two attached hydrogens (primary N) is 1. The number of phenols is 1. The van der Waals surface area contributed by atoms with Crippen molar-refractivity contribution < 1.29 is 10.1 Å². The number of nitro groups is 1. The standard InChI is InChI=1S/C8H7BrClN5O3/c9-6-2-5(10)1-4(7(6)16)3-12-13-8(11)14-15(17)18/h1-3,16H,(H3,11,13,14)/b12-3+. The summed E-state index contributed by atoms with van der Waals surface area (Å²) in [5.41, 5.74) is 7.01. The lowest BCUT2D eigenvalue weighted by Gasteiger charge is -2.01. The lowest BCUT2D eigenvalue weighted by atomic mass is 10.2. The average Bonchev–Trinajstić information content (AvgIpc) is 2.23. The van der Waals surface area contributed by atoms with Gasteiger partial charge in [-0.2, -0.15) is 5.10 Å². The molecule has 0 aliphatic carbocycles. The van der Waals surface area contributed by atoms with Gasteiger partial charge in [0.25, 0.3) is 5.96 Å². The Morgan fingerprint density at radius 1 is 1.67 bits per heavy atom. The van der Waals surface area contributed by atoms with Gasteiger partial charge in [0, 0.05) is 10.6 Å². The van der Waals surface area contributed by atoms with Crippen molar-refractivity contribution in [3.8, 4) is 5.75 Å². The fourth-order valence-corrected chi connectivity index (χ4v) is 1.79. The molecular formula is C8H7BrClN5O3. The molecule has 0 unspecified atom stereocenters. The van der Waals surface area contributed by atoms with Gasteiger partial charge >= 0.3 is 0 Å². The summed E-state index contributed by atoms with van der Waals surface area (Å²) in [5.74, 6) is -0.573. The van der Waals surface area contributed by atoms with Gasteiger partial charge in [0.2, 0.25) is 0 Å². The maximum atomic E-state index is 10.0. The van der Waals surface area contributed by atoms with Crippen molar-refractivity contribution in [1.82, 2.24) is 5.43 Å². The van der Waals surface area contributed by atoms with Gasteiger partial charge in [0.1, 0.15) is 5.75 Å². The number of nitrogens with zero attached hydrogens (tertiary/aromatic N) is 3. The first-order valence-corrected chi connectivity index (χ1v) is 5.53. The molecule has 0 saturated heterocycles. The van der Waals surface area contributed by atoms with Crippen molar-refractivity contribution in [2.75, 3.05) is 0 Å². The fraction of sp³-hybridized carbons (Fsp3) is 0. The second-order valence-corrected chi connectivity index (χ2v) is 4.21. The van der Waals surface area contributed by atoms with Crippen molar-refractivity contribution in [2.45, 2.75) is 0 Å². The first-order chi connectivity index (χ1) is 8.40. The van der Waals surface area contributed by atoms with E-state index in [-0.39, 0.29) is 11.3 Å². The highest BCUT2D eigenvalue weighted by atomic mass is 79.9. The first-order valence-electron chi connectivity index (χ1n) is 4.35. The zero-order valence-corrected chi connectivity index (χ0v) is 11.0. The number of phenolic OH excluding ortho intramolecular Hbond substituents is 1. The third-order valence-electron chi connectivity index (χ3n) is 1.63. The smallest absolute Gasteiger partial charge is 0.275 e. The molecule has 0 atom stereocenters. The van der Waals surface area contributed by atoms with E-state index in [2.05, 4.69) is 26.1 Å². The van der Waals surface area contributed by atoms with Gasteiger partial charge in [-0.05, 0) is 28.1 Å². The van der Waals surface area contributed by atoms with E-state index in [0.29, 0.717) is 9.50 Å². The van der Waals surface area contributed by atoms with Crippen LogP contribution < -0.4 is 11.2 Å². The largest absolute Gasteiger partial charge is 0.506 e. The Labute approximate surface area is 114 Å². The van der Waals surface area contributed by atoms with Gasteiger partial charge in [-0.15, -0.1) is 5.10 Å². The number of nitrogens with one attached hydrogen (secondary N) is 1. The highest BCUT2D eigenvalue weighted by Gasteiger charge is 2.05. The molecule has 0 fully saturated rings. The zero-order chi connectivity index (χ0) is 13.7. The molecule has 0 aliphatic rings. The summed E-state index contributed by atoms with van der Waals surface area (Å²) >= 11 is 8.86. The third kappa shape index (κ3) is 4.18. The molecule has 1 aromatic carbocycles.